The van der Waals surface area contributed by atoms with Crippen molar-refractivity contribution >= 4 is 27.7 Å². The number of rotatable bonds is 4. The minimum atomic E-state index is -0.304. The zero-order valence-electron chi connectivity index (χ0n) is 10.7. The monoisotopic (exact) mass is 338 g/mol. The van der Waals surface area contributed by atoms with E-state index in [-0.39, 0.29) is 24.0 Å². The Labute approximate surface area is 123 Å². The summed E-state index contributed by atoms with van der Waals surface area (Å²) in [5.74, 6) is -0.130. The smallest absolute Gasteiger partial charge is 0.271 e. The molecule has 0 aliphatic rings. The van der Waals surface area contributed by atoms with E-state index in [1.807, 2.05) is 0 Å². The van der Waals surface area contributed by atoms with E-state index >= 15 is 0 Å². The Bertz CT molecular complexity index is 618. The van der Waals surface area contributed by atoms with Gasteiger partial charge in [0, 0.05) is 23.6 Å². The van der Waals surface area contributed by atoms with Gasteiger partial charge in [-0.2, -0.15) is 0 Å². The first-order valence-corrected chi connectivity index (χ1v) is 6.63. The molecule has 1 amide bonds. The van der Waals surface area contributed by atoms with Crippen LogP contribution in [0, 0.1) is 5.82 Å². The van der Waals surface area contributed by atoms with Crippen molar-refractivity contribution in [1.29, 1.82) is 0 Å². The van der Waals surface area contributed by atoms with Crippen LogP contribution >= 0.6 is 15.9 Å². The third-order valence-electron chi connectivity index (χ3n) is 2.59. The second-order valence-electron chi connectivity index (χ2n) is 3.97. The summed E-state index contributed by atoms with van der Waals surface area (Å²) in [5.41, 5.74) is 0.739. The van der Waals surface area contributed by atoms with Gasteiger partial charge in [-0.25, -0.2) is 4.39 Å². The van der Waals surface area contributed by atoms with E-state index < -0.39 is 0 Å². The molecule has 2 rings (SSSR count). The molecule has 5 nitrogen and oxygen atoms in total. The number of anilines is 1. The van der Waals surface area contributed by atoms with E-state index in [0.717, 1.165) is 4.47 Å². The number of benzene rings is 1. The van der Waals surface area contributed by atoms with Gasteiger partial charge in [0.25, 0.3) is 5.91 Å². The Morgan fingerprint density at radius 2 is 2.10 bits per heavy atom. The highest BCUT2D eigenvalue weighted by Crippen LogP contribution is 2.16. The standard InChI is InChI=1S/C13H12BrFN4O/c1-16-13(20)11-4-5-12(19-18-11)17-7-8-6-9(14)2-3-10(8)15/h2-6H,7H2,1H3,(H,16,20)(H,17,19). The molecule has 20 heavy (non-hydrogen) atoms. The van der Waals surface area contributed by atoms with E-state index in [9.17, 15) is 9.18 Å². The number of halogens is 2. The molecule has 2 aromatic rings. The molecule has 7 heteroatoms. The van der Waals surface area contributed by atoms with Crippen molar-refractivity contribution in [3.8, 4) is 0 Å². The minimum Gasteiger partial charge on any atom is -0.364 e. The average molecular weight is 339 g/mol. The Hall–Kier alpha value is -2.02. The highest BCUT2D eigenvalue weighted by molar-refractivity contribution is 9.10. The molecule has 0 fully saturated rings. The summed E-state index contributed by atoms with van der Waals surface area (Å²) in [5, 5.41) is 13.0. The predicted molar refractivity (Wildman–Crippen MR) is 76.8 cm³/mol. The Morgan fingerprint density at radius 3 is 2.75 bits per heavy atom. The third kappa shape index (κ3) is 3.51. The summed E-state index contributed by atoms with van der Waals surface area (Å²) < 4.78 is 14.3. The molecule has 104 valence electrons. The van der Waals surface area contributed by atoms with Gasteiger partial charge in [0.15, 0.2) is 5.69 Å². The lowest BCUT2D eigenvalue weighted by atomic mass is 10.2. The number of amides is 1. The molecule has 0 saturated carbocycles. The number of nitrogens with zero attached hydrogens (tertiary/aromatic N) is 2. The summed E-state index contributed by atoms with van der Waals surface area (Å²) in [6.07, 6.45) is 0. The van der Waals surface area contributed by atoms with Crippen LogP contribution < -0.4 is 10.6 Å². The lowest BCUT2D eigenvalue weighted by Gasteiger charge is -2.07. The lowest BCUT2D eigenvalue weighted by Crippen LogP contribution is -2.19. The Kier molecular flexibility index (Phi) is 4.62. The van der Waals surface area contributed by atoms with Gasteiger partial charge in [0.2, 0.25) is 0 Å². The van der Waals surface area contributed by atoms with Crippen LogP contribution in [0.1, 0.15) is 16.1 Å². The maximum atomic E-state index is 13.5. The van der Waals surface area contributed by atoms with Crippen LogP contribution in [0.2, 0.25) is 0 Å². The normalized spacial score (nSPS) is 10.2. The highest BCUT2D eigenvalue weighted by atomic mass is 79.9. The van der Waals surface area contributed by atoms with E-state index in [0.29, 0.717) is 11.4 Å². The number of hydrogen-bond donors (Lipinski definition) is 2. The van der Waals surface area contributed by atoms with Crippen molar-refractivity contribution in [2.45, 2.75) is 6.54 Å². The molecule has 1 aromatic heterocycles. The molecule has 0 radical (unpaired) electrons. The van der Waals surface area contributed by atoms with Gasteiger partial charge < -0.3 is 10.6 Å². The lowest BCUT2D eigenvalue weighted by molar-refractivity contribution is 0.0957. The van der Waals surface area contributed by atoms with Crippen molar-refractivity contribution in [3.63, 3.8) is 0 Å². The Morgan fingerprint density at radius 1 is 1.30 bits per heavy atom. The fourth-order valence-corrected chi connectivity index (χ4v) is 1.95. The van der Waals surface area contributed by atoms with E-state index in [1.54, 1.807) is 24.3 Å². The second kappa shape index (κ2) is 6.42. The van der Waals surface area contributed by atoms with Crippen molar-refractivity contribution in [3.05, 3.63) is 51.9 Å². The predicted octanol–water partition coefficient (Wildman–Crippen LogP) is 2.35. The van der Waals surface area contributed by atoms with Crippen molar-refractivity contribution in [2.24, 2.45) is 0 Å². The van der Waals surface area contributed by atoms with Crippen LogP contribution in [0.3, 0.4) is 0 Å². The largest absolute Gasteiger partial charge is 0.364 e. The van der Waals surface area contributed by atoms with Gasteiger partial charge >= 0.3 is 0 Å². The van der Waals surface area contributed by atoms with Crippen molar-refractivity contribution in [2.75, 3.05) is 12.4 Å². The second-order valence-corrected chi connectivity index (χ2v) is 4.89. The zero-order valence-corrected chi connectivity index (χ0v) is 12.2. The van der Waals surface area contributed by atoms with Crippen LogP contribution in [0.15, 0.2) is 34.8 Å². The molecular formula is C13H12BrFN4O. The first kappa shape index (κ1) is 14.4. The molecule has 0 spiro atoms. The van der Waals surface area contributed by atoms with Crippen LogP contribution in [-0.4, -0.2) is 23.2 Å². The maximum Gasteiger partial charge on any atom is 0.271 e. The SMILES string of the molecule is CNC(=O)c1ccc(NCc2cc(Br)ccc2F)nn1. The topological polar surface area (TPSA) is 66.9 Å². The molecule has 0 unspecified atom stereocenters. The molecule has 0 saturated heterocycles. The summed E-state index contributed by atoms with van der Waals surface area (Å²) in [6.45, 7) is 0.277. The fourth-order valence-electron chi connectivity index (χ4n) is 1.54. The van der Waals surface area contributed by atoms with E-state index in [4.69, 9.17) is 0 Å². The number of nitrogens with one attached hydrogen (secondary N) is 2. The molecule has 2 N–H and O–H groups in total. The molecule has 0 atom stereocenters. The van der Waals surface area contributed by atoms with Gasteiger partial charge in [-0.3, -0.25) is 4.79 Å². The summed E-state index contributed by atoms with van der Waals surface area (Å²) in [7, 11) is 1.52. The van der Waals surface area contributed by atoms with Crippen molar-refractivity contribution in [1.82, 2.24) is 15.5 Å². The first-order chi connectivity index (χ1) is 9.60. The number of hydrogen-bond acceptors (Lipinski definition) is 4. The quantitative estimate of drug-likeness (QED) is 0.897. The number of aromatic nitrogens is 2. The van der Waals surface area contributed by atoms with Gasteiger partial charge in [-0.05, 0) is 30.3 Å². The summed E-state index contributed by atoms with van der Waals surface area (Å²) in [6, 6.07) is 7.88. The molecule has 1 aromatic carbocycles. The van der Waals surface area contributed by atoms with E-state index in [1.165, 1.54) is 13.1 Å². The fraction of sp³-hybridized carbons (Fsp3) is 0.154. The van der Waals surface area contributed by atoms with Gasteiger partial charge in [0.1, 0.15) is 11.6 Å². The molecule has 1 heterocycles. The van der Waals surface area contributed by atoms with Crippen LogP contribution in [0.5, 0.6) is 0 Å². The van der Waals surface area contributed by atoms with Crippen molar-refractivity contribution < 1.29 is 9.18 Å². The van der Waals surface area contributed by atoms with Crippen LogP contribution in [0.4, 0.5) is 10.2 Å². The molecular weight excluding hydrogens is 327 g/mol. The molecule has 0 bridgehead atoms. The summed E-state index contributed by atoms with van der Waals surface area (Å²) in [4.78, 5) is 11.3. The summed E-state index contributed by atoms with van der Waals surface area (Å²) >= 11 is 3.29. The number of carbonyl (C=O) groups excluding carboxylic acids is 1. The molecule has 0 aliphatic carbocycles. The third-order valence-corrected chi connectivity index (χ3v) is 3.09. The van der Waals surface area contributed by atoms with Gasteiger partial charge in [-0.1, -0.05) is 15.9 Å². The number of carbonyl (C=O) groups is 1. The van der Waals surface area contributed by atoms with Crippen LogP contribution in [-0.2, 0) is 6.54 Å². The first-order valence-electron chi connectivity index (χ1n) is 5.84. The van der Waals surface area contributed by atoms with Crippen LogP contribution in [0.25, 0.3) is 0 Å². The molecule has 0 aliphatic heterocycles. The maximum absolute atomic E-state index is 13.5. The van der Waals surface area contributed by atoms with Gasteiger partial charge in [-0.15, -0.1) is 10.2 Å². The van der Waals surface area contributed by atoms with Gasteiger partial charge in [0.05, 0.1) is 0 Å². The minimum absolute atomic E-state index is 0.228. The highest BCUT2D eigenvalue weighted by Gasteiger charge is 2.06. The van der Waals surface area contributed by atoms with E-state index in [2.05, 4.69) is 36.8 Å². The zero-order chi connectivity index (χ0) is 14.5. The average Bonchev–Trinajstić information content (AvgIpc) is 2.48. The Balaban J connectivity index is 2.04.